The van der Waals surface area contributed by atoms with Crippen molar-refractivity contribution in [1.29, 1.82) is 0 Å². The number of ketones is 1. The summed E-state index contributed by atoms with van der Waals surface area (Å²) in [6.45, 7) is 0.840. The summed E-state index contributed by atoms with van der Waals surface area (Å²) >= 11 is 3.37. The van der Waals surface area contributed by atoms with Crippen molar-refractivity contribution >= 4 is 27.8 Å². The molecule has 2 aliphatic rings. The van der Waals surface area contributed by atoms with Crippen LogP contribution in [-0.4, -0.2) is 39.8 Å². The number of fused-ring (bicyclic) bond motifs is 1. The maximum absolute atomic E-state index is 12.3. The molecular weight excluding hydrogens is 360 g/mol. The van der Waals surface area contributed by atoms with Crippen LogP contribution in [0.25, 0.3) is 0 Å². The molecule has 3 atom stereocenters. The Bertz CT molecular complexity index is 672. The van der Waals surface area contributed by atoms with E-state index in [2.05, 4.69) is 26.1 Å². The average Bonchev–Trinajstić information content (AvgIpc) is 2.97. The van der Waals surface area contributed by atoms with Crippen molar-refractivity contribution in [3.05, 3.63) is 59.8 Å². The largest absolute Gasteiger partial charge is 0.465 e. The van der Waals surface area contributed by atoms with E-state index in [1.807, 2.05) is 48.7 Å². The van der Waals surface area contributed by atoms with Crippen molar-refractivity contribution in [2.75, 3.05) is 13.1 Å². The van der Waals surface area contributed by atoms with Crippen molar-refractivity contribution < 1.29 is 14.7 Å². The molecule has 1 aliphatic carbocycles. The van der Waals surface area contributed by atoms with Gasteiger partial charge in [-0.25, -0.2) is 4.79 Å². The van der Waals surface area contributed by atoms with E-state index in [9.17, 15) is 9.59 Å². The molecule has 1 aromatic carbocycles. The van der Waals surface area contributed by atoms with Gasteiger partial charge in [-0.3, -0.25) is 4.79 Å². The highest BCUT2D eigenvalue weighted by Gasteiger charge is 2.37. The van der Waals surface area contributed by atoms with Gasteiger partial charge in [-0.2, -0.15) is 0 Å². The predicted octanol–water partition coefficient (Wildman–Crippen LogP) is 2.71. The fraction of sp³-hybridized carbons (Fsp3) is 0.294. The Labute approximate surface area is 142 Å². The quantitative estimate of drug-likeness (QED) is 0.792. The number of hydrogen-bond acceptors (Lipinski definition) is 3. The maximum atomic E-state index is 12.3. The zero-order valence-corrected chi connectivity index (χ0v) is 13.9. The number of nitrogens with zero attached hydrogens (tertiary/aromatic N) is 1. The molecular formula is C17H17BrN2O3. The fourth-order valence-corrected chi connectivity index (χ4v) is 3.52. The van der Waals surface area contributed by atoms with Gasteiger partial charge >= 0.3 is 6.09 Å². The molecule has 23 heavy (non-hydrogen) atoms. The van der Waals surface area contributed by atoms with Gasteiger partial charge in [0.05, 0.1) is 16.8 Å². The van der Waals surface area contributed by atoms with Crippen molar-refractivity contribution in [1.82, 2.24) is 10.2 Å². The minimum absolute atomic E-state index is 0.139. The van der Waals surface area contributed by atoms with Gasteiger partial charge < -0.3 is 15.3 Å². The number of carbonyl (C=O) groups excluding carboxylic acids is 1. The first-order valence-electron chi connectivity index (χ1n) is 7.41. The third-order valence-electron chi connectivity index (χ3n) is 4.21. The lowest BCUT2D eigenvalue weighted by atomic mass is 9.90. The normalized spacial score (nSPS) is 24.1. The highest BCUT2D eigenvalue weighted by Crippen LogP contribution is 2.35. The molecule has 1 aliphatic heterocycles. The van der Waals surface area contributed by atoms with E-state index in [4.69, 9.17) is 5.11 Å². The zero-order valence-electron chi connectivity index (χ0n) is 12.4. The van der Waals surface area contributed by atoms with Crippen LogP contribution in [0.5, 0.6) is 0 Å². The van der Waals surface area contributed by atoms with Crippen LogP contribution in [0.1, 0.15) is 11.6 Å². The third kappa shape index (κ3) is 3.32. The highest BCUT2D eigenvalue weighted by molar-refractivity contribution is 9.10. The molecule has 120 valence electrons. The third-order valence-corrected chi connectivity index (χ3v) is 4.97. The Kier molecular flexibility index (Phi) is 4.52. The summed E-state index contributed by atoms with van der Waals surface area (Å²) in [7, 11) is 0. The summed E-state index contributed by atoms with van der Waals surface area (Å²) in [5, 5.41) is 11.4. The molecule has 3 rings (SSSR count). The minimum Gasteiger partial charge on any atom is -0.465 e. The SMILES string of the molecule is O=C(O)NC[C@H](c1ccccc1)N1C=C2C=CC(Br)C(=O)C2C1. The topological polar surface area (TPSA) is 69.6 Å². The van der Waals surface area contributed by atoms with Gasteiger partial charge in [0.25, 0.3) is 0 Å². The highest BCUT2D eigenvalue weighted by atomic mass is 79.9. The van der Waals surface area contributed by atoms with E-state index in [0.717, 1.165) is 11.1 Å². The monoisotopic (exact) mass is 376 g/mol. The van der Waals surface area contributed by atoms with Gasteiger partial charge in [-0.1, -0.05) is 58.4 Å². The van der Waals surface area contributed by atoms with Crippen LogP contribution in [0.3, 0.4) is 0 Å². The second-order valence-corrected chi connectivity index (χ2v) is 6.64. The standard InChI is InChI=1S/C17H17BrN2O3/c18-14-7-6-12-9-20(10-13(12)16(14)21)15(8-19-17(22)23)11-4-2-1-3-5-11/h1-7,9,13-15,19H,8,10H2,(H,22,23)/t13?,14?,15-/m1/s1. The first-order valence-corrected chi connectivity index (χ1v) is 8.33. The maximum Gasteiger partial charge on any atom is 0.404 e. The first kappa shape index (κ1) is 15.8. The van der Waals surface area contributed by atoms with Gasteiger partial charge in [0.15, 0.2) is 5.78 Å². The molecule has 0 bridgehead atoms. The summed E-state index contributed by atoms with van der Waals surface area (Å²) in [5.74, 6) is -0.000305. The first-order chi connectivity index (χ1) is 11.1. The van der Waals surface area contributed by atoms with Crippen molar-refractivity contribution in [2.45, 2.75) is 10.9 Å². The van der Waals surface area contributed by atoms with Gasteiger partial charge in [0.1, 0.15) is 0 Å². The number of carboxylic acid groups (broad SMARTS) is 1. The average molecular weight is 377 g/mol. The summed E-state index contributed by atoms with van der Waals surface area (Å²) in [5.41, 5.74) is 2.01. The molecule has 0 saturated carbocycles. The minimum atomic E-state index is -1.05. The Morgan fingerprint density at radius 2 is 2.13 bits per heavy atom. The molecule has 1 heterocycles. The van der Waals surface area contributed by atoms with Crippen LogP contribution in [0.2, 0.25) is 0 Å². The summed E-state index contributed by atoms with van der Waals surface area (Å²) in [6, 6.07) is 9.59. The van der Waals surface area contributed by atoms with Gasteiger partial charge in [-0.05, 0) is 11.1 Å². The fourth-order valence-electron chi connectivity index (χ4n) is 3.05. The number of halogens is 1. The molecule has 0 aromatic heterocycles. The Balaban J connectivity index is 1.84. The van der Waals surface area contributed by atoms with Crippen LogP contribution >= 0.6 is 15.9 Å². The lowest BCUT2D eigenvalue weighted by Crippen LogP contribution is -2.37. The Morgan fingerprint density at radius 3 is 2.83 bits per heavy atom. The van der Waals surface area contributed by atoms with Crippen LogP contribution in [0, 0.1) is 5.92 Å². The Hall–Kier alpha value is -2.08. The van der Waals surface area contributed by atoms with Crippen LogP contribution in [-0.2, 0) is 4.79 Å². The van der Waals surface area contributed by atoms with Gasteiger partial charge in [-0.15, -0.1) is 0 Å². The number of carbonyl (C=O) groups is 2. The lowest BCUT2D eigenvalue weighted by Gasteiger charge is -2.29. The number of benzene rings is 1. The molecule has 0 fully saturated rings. The van der Waals surface area contributed by atoms with E-state index < -0.39 is 6.09 Å². The molecule has 5 nitrogen and oxygen atoms in total. The van der Waals surface area contributed by atoms with Gasteiger partial charge in [0, 0.05) is 19.3 Å². The number of nitrogens with one attached hydrogen (secondary N) is 1. The van der Waals surface area contributed by atoms with E-state index in [1.54, 1.807) is 0 Å². The number of allylic oxidation sites excluding steroid dienone is 2. The molecule has 0 spiro atoms. The number of alkyl halides is 1. The number of amides is 1. The molecule has 0 radical (unpaired) electrons. The molecule has 1 aromatic rings. The molecule has 2 unspecified atom stereocenters. The van der Waals surface area contributed by atoms with Gasteiger partial charge in [0.2, 0.25) is 0 Å². The van der Waals surface area contributed by atoms with Crippen molar-refractivity contribution in [3.63, 3.8) is 0 Å². The van der Waals surface area contributed by atoms with Crippen molar-refractivity contribution in [3.8, 4) is 0 Å². The number of hydrogen-bond donors (Lipinski definition) is 2. The molecule has 6 heteroatoms. The smallest absolute Gasteiger partial charge is 0.404 e. The van der Waals surface area contributed by atoms with Crippen LogP contribution in [0.4, 0.5) is 4.79 Å². The summed E-state index contributed by atoms with van der Waals surface area (Å²) < 4.78 is 0. The Morgan fingerprint density at radius 1 is 1.39 bits per heavy atom. The second kappa shape index (κ2) is 6.58. The summed E-state index contributed by atoms with van der Waals surface area (Å²) in [6.07, 6.45) is 4.74. The van der Waals surface area contributed by atoms with E-state index in [1.165, 1.54) is 0 Å². The van der Waals surface area contributed by atoms with Crippen molar-refractivity contribution in [2.24, 2.45) is 5.92 Å². The second-order valence-electron chi connectivity index (χ2n) is 5.65. The zero-order chi connectivity index (χ0) is 16.4. The van der Waals surface area contributed by atoms with Crippen LogP contribution < -0.4 is 5.32 Å². The molecule has 2 N–H and O–H groups in total. The molecule has 0 saturated heterocycles. The van der Waals surface area contributed by atoms with E-state index in [0.29, 0.717) is 6.54 Å². The number of Topliss-reactive ketones (excluding diaryl/α,β-unsaturated/α-hetero) is 1. The van der Waals surface area contributed by atoms with E-state index >= 15 is 0 Å². The lowest BCUT2D eigenvalue weighted by molar-refractivity contribution is -0.120. The van der Waals surface area contributed by atoms with E-state index in [-0.39, 0.29) is 29.1 Å². The van der Waals surface area contributed by atoms with Crippen LogP contribution in [0.15, 0.2) is 54.3 Å². The summed E-state index contributed by atoms with van der Waals surface area (Å²) in [4.78, 5) is 25.0. The molecule has 1 amide bonds. The number of rotatable bonds is 4. The predicted molar refractivity (Wildman–Crippen MR) is 90.4 cm³/mol.